The summed E-state index contributed by atoms with van der Waals surface area (Å²) in [4.78, 5) is 45.6. The first-order valence-electron chi connectivity index (χ1n) is 12.5. The van der Waals surface area contributed by atoms with Gasteiger partial charge in [0.1, 0.15) is 11.3 Å². The van der Waals surface area contributed by atoms with Gasteiger partial charge >= 0.3 is 5.97 Å². The number of H-pyrrole nitrogens is 1. The Morgan fingerprint density at radius 2 is 1.66 bits per heavy atom. The molecule has 8 nitrogen and oxygen atoms in total. The molecule has 2 aliphatic heterocycles. The molecule has 4 atom stereocenters. The number of rotatable bonds is 5. The molecule has 1 aromatic heterocycles. The van der Waals surface area contributed by atoms with Crippen LogP contribution < -0.4 is 10.2 Å². The van der Waals surface area contributed by atoms with Crippen LogP contribution in [-0.2, 0) is 20.8 Å². The molecule has 0 spiro atoms. The highest BCUT2D eigenvalue weighted by atomic mass is 16.4. The van der Waals surface area contributed by atoms with Gasteiger partial charge in [0.25, 0.3) is 0 Å². The molecule has 0 saturated carbocycles. The maximum absolute atomic E-state index is 14.1. The molecule has 3 aromatic carbocycles. The van der Waals surface area contributed by atoms with Gasteiger partial charge in [-0.1, -0.05) is 42.5 Å². The van der Waals surface area contributed by atoms with E-state index in [0.29, 0.717) is 11.3 Å². The quantitative estimate of drug-likeness (QED) is 0.302. The number of aryl methyl sites for hydroxylation is 2. The summed E-state index contributed by atoms with van der Waals surface area (Å²) in [6.07, 6.45) is 1.72. The number of hydrogen-bond acceptors (Lipinski definition) is 5. The average molecular weight is 510 g/mol. The van der Waals surface area contributed by atoms with Crippen molar-refractivity contribution in [2.75, 3.05) is 4.90 Å². The predicted octanol–water partition coefficient (Wildman–Crippen LogP) is 4.01. The van der Waals surface area contributed by atoms with Gasteiger partial charge in [-0.15, -0.1) is 0 Å². The van der Waals surface area contributed by atoms with E-state index in [0.717, 1.165) is 32.5 Å². The average Bonchev–Trinajstić information content (AvgIpc) is 3.51. The van der Waals surface area contributed by atoms with Gasteiger partial charge in [0, 0.05) is 35.1 Å². The zero-order valence-corrected chi connectivity index (χ0v) is 20.9. The highest BCUT2D eigenvalue weighted by molar-refractivity contribution is 6.24. The molecule has 0 aliphatic carbocycles. The molecule has 3 heterocycles. The molecular weight excluding hydrogens is 482 g/mol. The zero-order valence-electron chi connectivity index (χ0n) is 20.9. The highest BCUT2D eigenvalue weighted by Crippen LogP contribution is 2.52. The monoisotopic (exact) mass is 509 g/mol. The number of para-hydroxylation sites is 2. The number of benzene rings is 3. The minimum atomic E-state index is -1.79. The third kappa shape index (κ3) is 3.44. The second-order valence-electron chi connectivity index (χ2n) is 10.4. The molecule has 2 aliphatic rings. The summed E-state index contributed by atoms with van der Waals surface area (Å²) in [5, 5.41) is 25.5. The number of imide groups is 1. The molecule has 8 heteroatoms. The number of aromatic hydroxyl groups is 1. The van der Waals surface area contributed by atoms with Gasteiger partial charge < -0.3 is 15.2 Å². The van der Waals surface area contributed by atoms with E-state index in [1.165, 1.54) is 6.07 Å². The number of hydrogen-bond donors (Lipinski definition) is 4. The van der Waals surface area contributed by atoms with Crippen LogP contribution in [0.15, 0.2) is 72.9 Å². The van der Waals surface area contributed by atoms with Gasteiger partial charge in [-0.05, 0) is 54.8 Å². The molecule has 192 valence electrons. The van der Waals surface area contributed by atoms with Crippen LogP contribution in [0.2, 0.25) is 0 Å². The molecule has 4 aromatic rings. The summed E-state index contributed by atoms with van der Waals surface area (Å²) >= 11 is 0. The summed E-state index contributed by atoms with van der Waals surface area (Å²) in [7, 11) is 0. The Morgan fingerprint density at radius 1 is 0.974 bits per heavy atom. The van der Waals surface area contributed by atoms with Crippen LogP contribution in [0.3, 0.4) is 0 Å². The second-order valence-corrected chi connectivity index (χ2v) is 10.4. The molecule has 2 fully saturated rings. The van der Waals surface area contributed by atoms with Crippen LogP contribution >= 0.6 is 0 Å². The summed E-state index contributed by atoms with van der Waals surface area (Å²) in [5.74, 6) is -4.53. The first-order chi connectivity index (χ1) is 18.2. The fourth-order valence-electron chi connectivity index (χ4n) is 6.37. The van der Waals surface area contributed by atoms with Crippen LogP contribution in [0.25, 0.3) is 10.9 Å². The van der Waals surface area contributed by atoms with Crippen molar-refractivity contribution < 1.29 is 24.6 Å². The lowest BCUT2D eigenvalue weighted by Gasteiger charge is -2.31. The van der Waals surface area contributed by atoms with E-state index >= 15 is 0 Å². The second kappa shape index (κ2) is 8.56. The number of amides is 2. The fourth-order valence-corrected chi connectivity index (χ4v) is 6.37. The number of aromatic amines is 1. The summed E-state index contributed by atoms with van der Waals surface area (Å²) < 4.78 is 0. The summed E-state index contributed by atoms with van der Waals surface area (Å²) in [6.45, 7) is 3.76. The van der Waals surface area contributed by atoms with Crippen molar-refractivity contribution in [1.82, 2.24) is 10.3 Å². The van der Waals surface area contributed by atoms with Gasteiger partial charge in [-0.3, -0.25) is 19.7 Å². The SMILES string of the molecule is Cc1cc(C)cc(N2C(=O)[C@H]3[C@@H](C2=O)[C@](Cc2c[nH]c4ccccc24)(C(=O)O)N[C@H]3c2ccccc2O)c1. The minimum Gasteiger partial charge on any atom is -0.508 e. The van der Waals surface area contributed by atoms with E-state index < -0.39 is 41.2 Å². The van der Waals surface area contributed by atoms with Crippen molar-refractivity contribution in [2.24, 2.45) is 11.8 Å². The Bertz CT molecular complexity index is 1600. The molecule has 6 rings (SSSR count). The van der Waals surface area contributed by atoms with Crippen molar-refractivity contribution in [3.63, 3.8) is 0 Å². The number of phenols is 1. The van der Waals surface area contributed by atoms with Crippen molar-refractivity contribution in [2.45, 2.75) is 31.8 Å². The topological polar surface area (TPSA) is 123 Å². The summed E-state index contributed by atoms with van der Waals surface area (Å²) in [6, 6.07) is 18.7. The molecule has 4 N–H and O–H groups in total. The van der Waals surface area contributed by atoms with Gasteiger partial charge in [-0.2, -0.15) is 0 Å². The van der Waals surface area contributed by atoms with Crippen LogP contribution in [0, 0.1) is 25.7 Å². The largest absolute Gasteiger partial charge is 0.508 e. The van der Waals surface area contributed by atoms with E-state index in [-0.39, 0.29) is 12.2 Å². The Labute approximate surface area is 218 Å². The maximum atomic E-state index is 14.1. The van der Waals surface area contributed by atoms with E-state index in [4.69, 9.17) is 0 Å². The van der Waals surface area contributed by atoms with Gasteiger partial charge in [0.05, 0.1) is 17.5 Å². The van der Waals surface area contributed by atoms with Crippen molar-refractivity contribution >= 4 is 34.4 Å². The molecule has 0 bridgehead atoms. The Hall–Kier alpha value is -4.43. The lowest BCUT2D eigenvalue weighted by atomic mass is 9.76. The zero-order chi connectivity index (χ0) is 26.8. The highest BCUT2D eigenvalue weighted by Gasteiger charge is 2.69. The van der Waals surface area contributed by atoms with Crippen LogP contribution in [0.4, 0.5) is 5.69 Å². The number of nitrogens with one attached hydrogen (secondary N) is 2. The Kier molecular flexibility index (Phi) is 5.39. The first-order valence-corrected chi connectivity index (χ1v) is 12.5. The number of anilines is 1. The third-order valence-electron chi connectivity index (χ3n) is 7.92. The predicted molar refractivity (Wildman–Crippen MR) is 142 cm³/mol. The molecule has 2 saturated heterocycles. The smallest absolute Gasteiger partial charge is 0.325 e. The number of aliphatic carboxylic acids is 1. The lowest BCUT2D eigenvalue weighted by Crippen LogP contribution is -2.57. The van der Waals surface area contributed by atoms with Gasteiger partial charge in [-0.25, -0.2) is 4.90 Å². The lowest BCUT2D eigenvalue weighted by molar-refractivity contribution is -0.148. The minimum absolute atomic E-state index is 0.0304. The number of fused-ring (bicyclic) bond motifs is 2. The Morgan fingerprint density at radius 3 is 2.37 bits per heavy atom. The molecule has 0 unspecified atom stereocenters. The van der Waals surface area contributed by atoms with Crippen LogP contribution in [0.1, 0.15) is 28.3 Å². The molecule has 0 radical (unpaired) electrons. The maximum Gasteiger partial charge on any atom is 0.325 e. The Balaban J connectivity index is 1.53. The number of carboxylic acids is 1. The molecule has 38 heavy (non-hydrogen) atoms. The first kappa shape index (κ1) is 23.9. The number of phenolic OH excluding ortho intramolecular Hbond substituents is 1. The molecular formula is C30H27N3O5. The van der Waals surface area contributed by atoms with Crippen LogP contribution in [-0.4, -0.2) is 38.5 Å². The standard InChI is InChI=1S/C30H27N3O5/c1-16-11-17(2)13-19(12-16)33-27(35)24-25(28(33)36)30(29(37)38,32-26(24)21-8-4-6-10-23(21)34)14-18-15-31-22-9-5-3-7-20(18)22/h3-13,15,24-26,31-32,34H,14H2,1-2H3,(H,37,38)/t24-,25-,26-,30+/m0/s1. The normalized spacial score (nSPS) is 24.8. The van der Waals surface area contributed by atoms with E-state index in [1.54, 1.807) is 36.5 Å². The number of carbonyl (C=O) groups excluding carboxylic acids is 2. The van der Waals surface area contributed by atoms with Crippen LogP contribution in [0.5, 0.6) is 5.75 Å². The summed E-state index contributed by atoms with van der Waals surface area (Å²) in [5.41, 5.74) is 2.36. The van der Waals surface area contributed by atoms with E-state index in [9.17, 15) is 24.6 Å². The molecule has 2 amide bonds. The van der Waals surface area contributed by atoms with Gasteiger partial charge in [0.15, 0.2) is 0 Å². The van der Waals surface area contributed by atoms with Crippen molar-refractivity contribution in [3.8, 4) is 5.75 Å². The fraction of sp³-hybridized carbons (Fsp3) is 0.233. The van der Waals surface area contributed by atoms with E-state index in [1.807, 2.05) is 44.2 Å². The third-order valence-corrected chi connectivity index (χ3v) is 7.92. The number of carboxylic acid groups (broad SMARTS) is 1. The van der Waals surface area contributed by atoms with Gasteiger partial charge in [0.2, 0.25) is 11.8 Å². The number of carbonyl (C=O) groups is 3. The number of aromatic nitrogens is 1. The van der Waals surface area contributed by atoms with Crippen molar-refractivity contribution in [1.29, 1.82) is 0 Å². The van der Waals surface area contributed by atoms with Crippen molar-refractivity contribution in [3.05, 3.63) is 95.2 Å². The van der Waals surface area contributed by atoms with E-state index in [2.05, 4.69) is 10.3 Å². The number of nitrogens with zero attached hydrogens (tertiary/aromatic N) is 1.